The van der Waals surface area contributed by atoms with E-state index in [0.717, 1.165) is 51.3 Å². The van der Waals surface area contributed by atoms with Crippen LogP contribution in [0.2, 0.25) is 0 Å². The summed E-state index contributed by atoms with van der Waals surface area (Å²) in [6.07, 6.45) is 2.23. The Morgan fingerprint density at radius 3 is 2.86 bits per heavy atom. The number of hydrogen-bond donors (Lipinski definition) is 0. The third-order valence-electron chi connectivity index (χ3n) is 3.75. The highest BCUT2D eigenvalue weighted by atomic mass is 16.5. The van der Waals surface area contributed by atoms with Gasteiger partial charge in [0.2, 0.25) is 0 Å². The molecule has 2 aromatic rings. The molecule has 0 unspecified atom stereocenters. The molecule has 1 fully saturated rings. The molecule has 0 bridgehead atoms. The van der Waals surface area contributed by atoms with Gasteiger partial charge in [-0.15, -0.1) is 0 Å². The van der Waals surface area contributed by atoms with Gasteiger partial charge in [0.25, 0.3) is 5.89 Å². The minimum atomic E-state index is 0.600. The molecule has 0 atom stereocenters. The molecule has 1 aliphatic heterocycles. The third-order valence-corrected chi connectivity index (χ3v) is 3.75. The Kier molecular flexibility index (Phi) is 4.62. The van der Waals surface area contributed by atoms with Crippen LogP contribution in [0, 0.1) is 6.92 Å². The van der Waals surface area contributed by atoms with E-state index in [0.29, 0.717) is 11.7 Å². The Morgan fingerprint density at radius 1 is 1.24 bits per heavy atom. The maximum absolute atomic E-state index is 5.37. The predicted molar refractivity (Wildman–Crippen MR) is 80.1 cm³/mol. The van der Waals surface area contributed by atoms with Crippen molar-refractivity contribution >= 4 is 0 Å². The van der Waals surface area contributed by atoms with Gasteiger partial charge in [-0.25, -0.2) is 0 Å². The molecule has 5 nitrogen and oxygen atoms in total. The molecule has 0 radical (unpaired) electrons. The summed E-state index contributed by atoms with van der Waals surface area (Å²) in [5.74, 6) is 1.27. The molecule has 0 saturated carbocycles. The highest BCUT2D eigenvalue weighted by molar-refractivity contribution is 5.53. The van der Waals surface area contributed by atoms with Crippen molar-refractivity contribution in [3.8, 4) is 11.5 Å². The van der Waals surface area contributed by atoms with E-state index in [-0.39, 0.29) is 0 Å². The predicted octanol–water partition coefficient (Wildman–Crippen LogP) is 2.31. The summed E-state index contributed by atoms with van der Waals surface area (Å²) in [7, 11) is 0. The van der Waals surface area contributed by atoms with E-state index in [9.17, 15) is 0 Å². The van der Waals surface area contributed by atoms with Gasteiger partial charge >= 0.3 is 0 Å². The minimum absolute atomic E-state index is 0.600. The Balaban J connectivity index is 1.56. The number of aromatic nitrogens is 2. The van der Waals surface area contributed by atoms with E-state index in [1.807, 2.05) is 13.0 Å². The molecule has 2 heterocycles. The summed E-state index contributed by atoms with van der Waals surface area (Å²) in [6, 6.07) is 8.37. The maximum Gasteiger partial charge on any atom is 0.257 e. The van der Waals surface area contributed by atoms with Gasteiger partial charge in [0.15, 0.2) is 5.82 Å². The maximum atomic E-state index is 5.37. The molecule has 0 N–H and O–H groups in total. The van der Waals surface area contributed by atoms with Gasteiger partial charge < -0.3 is 9.26 Å². The molecule has 3 rings (SSSR count). The first-order chi connectivity index (χ1) is 10.3. The average Bonchev–Trinajstić information content (AvgIpc) is 2.95. The van der Waals surface area contributed by atoms with E-state index in [2.05, 4.69) is 33.2 Å². The fraction of sp³-hybridized carbons (Fsp3) is 0.500. The smallest absolute Gasteiger partial charge is 0.257 e. The zero-order valence-corrected chi connectivity index (χ0v) is 12.4. The molecule has 1 aromatic carbocycles. The lowest BCUT2D eigenvalue weighted by molar-refractivity contribution is 0.0375. The van der Waals surface area contributed by atoms with Crippen LogP contribution in [0.3, 0.4) is 0 Å². The Labute approximate surface area is 124 Å². The van der Waals surface area contributed by atoms with Crippen molar-refractivity contribution in [2.45, 2.75) is 19.8 Å². The van der Waals surface area contributed by atoms with Crippen LogP contribution in [0.5, 0.6) is 0 Å². The van der Waals surface area contributed by atoms with Crippen LogP contribution in [-0.2, 0) is 11.2 Å². The first-order valence-electron chi connectivity index (χ1n) is 7.51. The van der Waals surface area contributed by atoms with Crippen molar-refractivity contribution in [1.29, 1.82) is 0 Å². The Hall–Kier alpha value is -1.72. The summed E-state index contributed by atoms with van der Waals surface area (Å²) in [5, 5.41) is 3.84. The molecule has 1 aliphatic rings. The van der Waals surface area contributed by atoms with E-state index in [1.54, 1.807) is 0 Å². The highest BCUT2D eigenvalue weighted by Gasteiger charge is 2.10. The van der Waals surface area contributed by atoms with Crippen LogP contribution in [-0.4, -0.2) is 47.9 Å². The zero-order valence-electron chi connectivity index (χ0n) is 12.4. The summed E-state index contributed by atoms with van der Waals surface area (Å²) in [6.45, 7) is 6.81. The monoisotopic (exact) mass is 287 g/mol. The number of ether oxygens (including phenoxy) is 1. The van der Waals surface area contributed by atoms with Crippen molar-refractivity contribution < 1.29 is 9.26 Å². The first kappa shape index (κ1) is 14.2. The SMILES string of the molecule is Cc1noc(-c2cccc(CCCN3CCOCC3)c2)n1. The van der Waals surface area contributed by atoms with Gasteiger partial charge in [-0.2, -0.15) is 4.98 Å². The van der Waals surface area contributed by atoms with E-state index in [4.69, 9.17) is 9.26 Å². The van der Waals surface area contributed by atoms with Crippen molar-refractivity contribution in [3.63, 3.8) is 0 Å². The lowest BCUT2D eigenvalue weighted by atomic mass is 10.1. The Bertz CT molecular complexity index is 576. The van der Waals surface area contributed by atoms with E-state index in [1.165, 1.54) is 5.56 Å². The Morgan fingerprint density at radius 2 is 2.10 bits per heavy atom. The molecule has 21 heavy (non-hydrogen) atoms. The zero-order chi connectivity index (χ0) is 14.5. The molecule has 0 spiro atoms. The number of morpholine rings is 1. The second-order valence-electron chi connectivity index (χ2n) is 5.40. The van der Waals surface area contributed by atoms with Crippen LogP contribution in [0.1, 0.15) is 17.8 Å². The van der Waals surface area contributed by atoms with Gasteiger partial charge in [0, 0.05) is 18.7 Å². The number of rotatable bonds is 5. The van der Waals surface area contributed by atoms with Crippen LogP contribution >= 0.6 is 0 Å². The standard InChI is InChI=1S/C16H21N3O2/c1-13-17-16(21-18-13)15-6-2-4-14(12-15)5-3-7-19-8-10-20-11-9-19/h2,4,6,12H,3,5,7-11H2,1H3. The van der Waals surface area contributed by atoms with Crippen LogP contribution in [0.15, 0.2) is 28.8 Å². The highest BCUT2D eigenvalue weighted by Crippen LogP contribution is 2.19. The van der Waals surface area contributed by atoms with Gasteiger partial charge in [0.1, 0.15) is 0 Å². The average molecular weight is 287 g/mol. The second-order valence-corrected chi connectivity index (χ2v) is 5.40. The molecule has 5 heteroatoms. The second kappa shape index (κ2) is 6.83. The summed E-state index contributed by atoms with van der Waals surface area (Å²) >= 11 is 0. The van der Waals surface area contributed by atoms with Gasteiger partial charge in [-0.05, 0) is 44.0 Å². The molecule has 0 aliphatic carbocycles. The number of benzene rings is 1. The molecule has 1 saturated heterocycles. The van der Waals surface area contributed by atoms with Crippen molar-refractivity contribution in [1.82, 2.24) is 15.0 Å². The molecule has 1 aromatic heterocycles. The summed E-state index contributed by atoms with van der Waals surface area (Å²) < 4.78 is 10.6. The largest absolute Gasteiger partial charge is 0.379 e. The fourth-order valence-corrected chi connectivity index (χ4v) is 2.61. The molecular weight excluding hydrogens is 266 g/mol. The molecule has 112 valence electrons. The van der Waals surface area contributed by atoms with Gasteiger partial charge in [-0.1, -0.05) is 17.3 Å². The normalized spacial score (nSPS) is 16.2. The third kappa shape index (κ3) is 3.89. The lowest BCUT2D eigenvalue weighted by Gasteiger charge is -2.26. The molecular formula is C16H21N3O2. The van der Waals surface area contributed by atoms with E-state index < -0.39 is 0 Å². The lowest BCUT2D eigenvalue weighted by Crippen LogP contribution is -2.36. The van der Waals surface area contributed by atoms with E-state index >= 15 is 0 Å². The molecule has 0 amide bonds. The summed E-state index contributed by atoms with van der Waals surface area (Å²) in [5.41, 5.74) is 2.32. The number of nitrogens with zero attached hydrogens (tertiary/aromatic N) is 3. The minimum Gasteiger partial charge on any atom is -0.379 e. The van der Waals surface area contributed by atoms with Crippen LogP contribution in [0.25, 0.3) is 11.5 Å². The number of aryl methyl sites for hydroxylation is 2. The number of hydrogen-bond acceptors (Lipinski definition) is 5. The topological polar surface area (TPSA) is 51.4 Å². The van der Waals surface area contributed by atoms with Crippen LogP contribution in [0.4, 0.5) is 0 Å². The van der Waals surface area contributed by atoms with Crippen molar-refractivity contribution in [3.05, 3.63) is 35.7 Å². The van der Waals surface area contributed by atoms with Gasteiger partial charge in [0.05, 0.1) is 13.2 Å². The quantitative estimate of drug-likeness (QED) is 0.844. The summed E-state index contributed by atoms with van der Waals surface area (Å²) in [4.78, 5) is 6.74. The van der Waals surface area contributed by atoms with Crippen LogP contribution < -0.4 is 0 Å². The fourth-order valence-electron chi connectivity index (χ4n) is 2.61. The van der Waals surface area contributed by atoms with Crippen molar-refractivity contribution in [2.24, 2.45) is 0 Å². The van der Waals surface area contributed by atoms with Crippen molar-refractivity contribution in [2.75, 3.05) is 32.8 Å². The van der Waals surface area contributed by atoms with Gasteiger partial charge in [-0.3, -0.25) is 4.90 Å². The first-order valence-corrected chi connectivity index (χ1v) is 7.51.